The summed E-state index contributed by atoms with van der Waals surface area (Å²) < 4.78 is 21.1. The summed E-state index contributed by atoms with van der Waals surface area (Å²) in [5.41, 5.74) is 5.36. The van der Waals surface area contributed by atoms with Gasteiger partial charge in [-0.2, -0.15) is 0 Å². The van der Waals surface area contributed by atoms with E-state index < -0.39 is 18.8 Å². The third-order valence-electron chi connectivity index (χ3n) is 2.10. The predicted molar refractivity (Wildman–Crippen MR) is 67.8 cm³/mol. The van der Waals surface area contributed by atoms with E-state index in [1.165, 1.54) is 0 Å². The third kappa shape index (κ3) is 6.71. The molecule has 0 heterocycles. The molecule has 0 bridgehead atoms. The molecule has 3 N–H and O–H groups in total. The summed E-state index contributed by atoms with van der Waals surface area (Å²) in [7, 11) is 1.24. The molecule has 0 radical (unpaired) electrons. The quantitative estimate of drug-likeness (QED) is 0.363. The summed E-state index contributed by atoms with van der Waals surface area (Å²) in [4.78, 5) is 0. The van der Waals surface area contributed by atoms with E-state index in [-0.39, 0.29) is 0 Å². The summed E-state index contributed by atoms with van der Waals surface area (Å²) in [6.45, 7) is 2.53. The van der Waals surface area contributed by atoms with Crippen LogP contribution in [-0.2, 0) is 17.4 Å². The van der Waals surface area contributed by atoms with E-state index in [2.05, 4.69) is 5.32 Å². The van der Waals surface area contributed by atoms with Crippen LogP contribution in [0, 0.1) is 0 Å². The molecule has 0 saturated heterocycles. The van der Waals surface area contributed by atoms with Gasteiger partial charge < -0.3 is 28.4 Å². The molecule has 16 heavy (non-hydrogen) atoms. The van der Waals surface area contributed by atoms with Crippen LogP contribution in [0.15, 0.2) is 0 Å². The Morgan fingerprint density at radius 2 is 1.75 bits per heavy atom. The first kappa shape index (κ1) is 16.2. The average molecular weight is 268 g/mol. The Morgan fingerprint density at radius 1 is 1.12 bits per heavy atom. The second-order valence-electron chi connectivity index (χ2n) is 3.21. The van der Waals surface area contributed by atoms with Gasteiger partial charge in [0.25, 0.3) is 0 Å². The molecule has 0 aromatic rings. The third-order valence-corrected chi connectivity index (χ3v) is 6.62. The Morgan fingerprint density at radius 3 is 2.25 bits per heavy atom. The molecule has 0 aliphatic rings. The van der Waals surface area contributed by atoms with Crippen molar-refractivity contribution >= 4 is 18.8 Å². The second kappa shape index (κ2) is 10.4. The summed E-state index contributed by atoms with van der Waals surface area (Å²) in [6, 6.07) is 1.07. The van der Waals surface area contributed by atoms with Gasteiger partial charge in [-0.25, -0.2) is 0 Å². The van der Waals surface area contributed by atoms with Gasteiger partial charge in [-0.15, -0.1) is 0 Å². The van der Waals surface area contributed by atoms with Crippen molar-refractivity contribution in [3.63, 3.8) is 0 Å². The van der Waals surface area contributed by atoms with Gasteiger partial charge in [0.2, 0.25) is 0 Å². The lowest BCUT2D eigenvalue weighted by Crippen LogP contribution is -2.47. The molecule has 8 heteroatoms. The summed E-state index contributed by atoms with van der Waals surface area (Å²) in [5.74, 6) is 0. The van der Waals surface area contributed by atoms with Crippen LogP contribution in [0.3, 0.4) is 0 Å². The van der Waals surface area contributed by atoms with Gasteiger partial charge in [0.15, 0.2) is 9.76 Å². The Kier molecular flexibility index (Phi) is 10.5. The van der Waals surface area contributed by atoms with E-state index in [0.717, 1.165) is 25.6 Å². The number of rotatable bonds is 11. The van der Waals surface area contributed by atoms with Crippen LogP contribution < -0.4 is 11.1 Å². The van der Waals surface area contributed by atoms with Gasteiger partial charge in [0.1, 0.15) is 0 Å². The molecule has 0 saturated carbocycles. The average Bonchev–Trinajstić information content (AvgIpc) is 2.34. The summed E-state index contributed by atoms with van der Waals surface area (Å²) in [6.07, 6.45) is 1.09. The van der Waals surface area contributed by atoms with Gasteiger partial charge in [-0.1, -0.05) is 0 Å². The van der Waals surface area contributed by atoms with Crippen LogP contribution >= 0.6 is 0 Å². The van der Waals surface area contributed by atoms with Crippen LogP contribution in [0.25, 0.3) is 0 Å². The van der Waals surface area contributed by atoms with Gasteiger partial charge in [-0.05, 0) is 19.0 Å². The first-order valence-corrected chi connectivity index (χ1v) is 8.66. The van der Waals surface area contributed by atoms with Gasteiger partial charge in [-0.3, -0.25) is 0 Å². The van der Waals surface area contributed by atoms with Crippen molar-refractivity contribution in [3.05, 3.63) is 0 Å². The van der Waals surface area contributed by atoms with Crippen LogP contribution in [0.1, 0.15) is 6.42 Å². The van der Waals surface area contributed by atoms with E-state index in [4.69, 9.17) is 23.1 Å². The zero-order valence-corrected chi connectivity index (χ0v) is 12.9. The van der Waals surface area contributed by atoms with E-state index in [1.54, 1.807) is 21.3 Å². The largest absolute Gasteiger partial charge is 0.667 e. The number of hydrogen-bond acceptors (Lipinski definition) is 6. The molecular formula is C8H24N2O4Si2. The number of hydrogen-bond donors (Lipinski definition) is 2. The van der Waals surface area contributed by atoms with Crippen molar-refractivity contribution < 1.29 is 17.4 Å². The van der Waals surface area contributed by atoms with Crippen molar-refractivity contribution in [2.24, 2.45) is 5.73 Å². The Hall–Kier alpha value is 0.194. The van der Waals surface area contributed by atoms with Gasteiger partial charge >= 0.3 is 9.05 Å². The summed E-state index contributed by atoms with van der Waals surface area (Å²) >= 11 is 0. The molecule has 0 aliphatic heterocycles. The molecule has 0 amide bonds. The Balaban J connectivity index is 3.48. The van der Waals surface area contributed by atoms with Gasteiger partial charge in [0.05, 0.1) is 0 Å². The van der Waals surface area contributed by atoms with Crippen molar-refractivity contribution in [1.29, 1.82) is 0 Å². The van der Waals surface area contributed by atoms with E-state index in [9.17, 15) is 0 Å². The topological polar surface area (TPSA) is 75.0 Å². The predicted octanol–water partition coefficient (Wildman–Crippen LogP) is -1.18. The van der Waals surface area contributed by atoms with E-state index in [0.29, 0.717) is 6.54 Å². The maximum atomic E-state index is 5.64. The molecule has 0 spiro atoms. The van der Waals surface area contributed by atoms with Crippen LogP contribution in [0.4, 0.5) is 0 Å². The molecule has 0 fully saturated rings. The fraction of sp³-hybridized carbons (Fsp3) is 1.00. The molecule has 6 nitrogen and oxygen atoms in total. The van der Waals surface area contributed by atoms with Crippen LogP contribution in [0.2, 0.25) is 6.04 Å². The first-order chi connectivity index (χ1) is 7.74. The van der Waals surface area contributed by atoms with Crippen molar-refractivity contribution in [3.8, 4) is 0 Å². The van der Waals surface area contributed by atoms with Crippen LogP contribution in [-0.4, -0.2) is 59.8 Å². The highest BCUT2D eigenvalue weighted by Gasteiger charge is 2.41. The molecule has 98 valence electrons. The second-order valence-corrected chi connectivity index (χ2v) is 7.70. The zero-order valence-electron chi connectivity index (χ0n) is 10.5. The minimum Gasteiger partial charge on any atom is -0.400 e. The highest BCUT2D eigenvalue weighted by atomic mass is 28.4. The van der Waals surface area contributed by atoms with E-state index in [1.807, 2.05) is 0 Å². The molecule has 0 aromatic carbocycles. The zero-order chi connectivity index (χ0) is 12.3. The number of nitrogens with two attached hydrogens (primary N) is 1. The highest BCUT2D eigenvalue weighted by Crippen LogP contribution is 2.07. The smallest absolute Gasteiger partial charge is 0.400 e. The summed E-state index contributed by atoms with van der Waals surface area (Å²) in [5, 5.41) is 3.23. The molecule has 0 aromatic heterocycles. The fourth-order valence-corrected chi connectivity index (χ4v) is 5.15. The molecule has 0 aliphatic carbocycles. The van der Waals surface area contributed by atoms with Crippen molar-refractivity contribution in [1.82, 2.24) is 5.32 Å². The standard InChI is InChI=1S/C8H24N2O4Si2/c1-11-16(12-2,13-3)14-15-8-4-6-10-7-5-9/h10H,4-9,15H2,1-3H3. The Bertz CT molecular complexity index is 153. The molecular weight excluding hydrogens is 244 g/mol. The molecule has 0 rings (SSSR count). The van der Waals surface area contributed by atoms with Crippen molar-refractivity contribution in [2.45, 2.75) is 12.5 Å². The SMILES string of the molecule is CO[Si](OC)(OC)O[SiH2]CCCNCCN. The minimum absolute atomic E-state index is 0.645. The monoisotopic (exact) mass is 268 g/mol. The van der Waals surface area contributed by atoms with Crippen molar-refractivity contribution in [2.75, 3.05) is 41.0 Å². The maximum absolute atomic E-state index is 5.64. The first-order valence-electron chi connectivity index (χ1n) is 5.45. The lowest BCUT2D eigenvalue weighted by molar-refractivity contribution is 0.0523. The molecule has 0 atom stereocenters. The minimum atomic E-state index is -2.77. The maximum Gasteiger partial charge on any atom is 0.667 e. The van der Waals surface area contributed by atoms with Gasteiger partial charge in [0, 0.05) is 34.4 Å². The van der Waals surface area contributed by atoms with Crippen LogP contribution in [0.5, 0.6) is 0 Å². The number of nitrogens with one attached hydrogen (secondary N) is 1. The Labute approximate surface area is 101 Å². The lowest BCUT2D eigenvalue weighted by atomic mass is 10.5. The molecule has 0 unspecified atom stereocenters. The fourth-order valence-electron chi connectivity index (χ4n) is 1.20. The normalized spacial score (nSPS) is 12.8. The highest BCUT2D eigenvalue weighted by molar-refractivity contribution is 6.60. The lowest BCUT2D eigenvalue weighted by Gasteiger charge is -2.23. The van der Waals surface area contributed by atoms with E-state index >= 15 is 0 Å².